The Bertz CT molecular complexity index is 1240. The Kier molecular flexibility index (Phi) is 10.7. The number of hydrogen-bond donors (Lipinski definition) is 0. The van der Waals surface area contributed by atoms with Crippen LogP contribution in [0.4, 0.5) is 0 Å². The third-order valence-electron chi connectivity index (χ3n) is 6.57. The average Bonchev–Trinajstić information content (AvgIpc) is 3.20. The van der Waals surface area contributed by atoms with E-state index in [-0.39, 0.29) is 51.0 Å². The molecule has 4 aromatic rings. The van der Waals surface area contributed by atoms with Crippen LogP contribution in [0.2, 0.25) is 52.4 Å². The maximum Gasteiger partial charge on any atom is 4.00 e. The van der Waals surface area contributed by atoms with Gasteiger partial charge < -0.3 is 24.8 Å². The van der Waals surface area contributed by atoms with Gasteiger partial charge in [-0.2, -0.15) is 16.5 Å². The van der Waals surface area contributed by atoms with E-state index in [9.17, 15) is 0 Å². The molecule has 180 valence electrons. The summed E-state index contributed by atoms with van der Waals surface area (Å²) in [5.41, 5.74) is 3.25. The zero-order valence-corrected chi connectivity index (χ0v) is 28.9. The predicted molar refractivity (Wildman–Crippen MR) is 150 cm³/mol. The first-order valence-electron chi connectivity index (χ1n) is 11.7. The molecule has 0 saturated heterocycles. The van der Waals surface area contributed by atoms with Gasteiger partial charge in [0, 0.05) is 24.2 Å². The molecular formula is C28H38Cl2Si3Zr. The molecule has 0 atom stereocenters. The summed E-state index contributed by atoms with van der Waals surface area (Å²) in [6.07, 6.45) is 0. The van der Waals surface area contributed by atoms with E-state index in [1.807, 2.05) is 0 Å². The molecule has 0 bridgehead atoms. The van der Waals surface area contributed by atoms with E-state index in [1.165, 1.54) is 33.6 Å². The second-order valence-corrected chi connectivity index (χ2v) is 27.6. The fourth-order valence-electron chi connectivity index (χ4n) is 5.27. The zero-order chi connectivity index (χ0) is 22.6. The Labute approximate surface area is 241 Å². The standard InChI is InChI=1S/C28H38Si3.2ClH.Zr/c1-29(2,3)19-22-18-27(25-16-12-11-15-24(22)25)31(7,8)28-17-21-13-9-10-14-23(21)26(28)20-30(4,5)6;;;/h9-18H,19-20H2,1-8H3;2*1H;/q-2;;;+4/p-2. The molecule has 0 unspecified atom stereocenters. The molecule has 0 aromatic heterocycles. The number of benzene rings is 2. The Morgan fingerprint density at radius 1 is 0.706 bits per heavy atom. The first-order chi connectivity index (χ1) is 14.4. The van der Waals surface area contributed by atoms with E-state index in [0.717, 1.165) is 0 Å². The van der Waals surface area contributed by atoms with Crippen LogP contribution in [0.25, 0.3) is 21.5 Å². The minimum Gasteiger partial charge on any atom is -1.00 e. The molecule has 0 aliphatic heterocycles. The van der Waals surface area contributed by atoms with Crippen molar-refractivity contribution in [2.24, 2.45) is 0 Å². The summed E-state index contributed by atoms with van der Waals surface area (Å²) in [6.45, 7) is 20.2. The van der Waals surface area contributed by atoms with Crippen molar-refractivity contribution in [3.05, 3.63) is 71.8 Å². The van der Waals surface area contributed by atoms with Crippen molar-refractivity contribution in [3.63, 3.8) is 0 Å². The molecule has 0 spiro atoms. The molecule has 0 fully saturated rings. The SMILES string of the molecule is C[Si](C)(C)Cc1c([Si](C)(C)[c-]2cc(C[Si](C)(C)C)c3ccccc32)[cH-]c2ccccc12.[Cl-].[Cl-].[Zr+4]. The number of hydrogen-bond acceptors (Lipinski definition) is 0. The van der Waals surface area contributed by atoms with E-state index in [1.54, 1.807) is 21.5 Å². The van der Waals surface area contributed by atoms with Crippen LogP contribution in [-0.2, 0) is 38.3 Å². The van der Waals surface area contributed by atoms with Gasteiger partial charge in [-0.15, -0.1) is 75.1 Å². The minimum atomic E-state index is -1.86. The van der Waals surface area contributed by atoms with Gasteiger partial charge >= 0.3 is 26.2 Å². The summed E-state index contributed by atoms with van der Waals surface area (Å²) in [6, 6.07) is 26.0. The van der Waals surface area contributed by atoms with Crippen molar-refractivity contribution >= 4 is 56.1 Å². The van der Waals surface area contributed by atoms with Gasteiger partial charge in [-0.1, -0.05) is 76.6 Å². The van der Waals surface area contributed by atoms with E-state index < -0.39 is 24.2 Å². The largest absolute Gasteiger partial charge is 4.00 e. The van der Waals surface area contributed by atoms with Crippen LogP contribution in [0.15, 0.2) is 60.7 Å². The van der Waals surface area contributed by atoms with Crippen molar-refractivity contribution in [1.29, 1.82) is 0 Å². The molecule has 0 radical (unpaired) electrons. The molecular weight excluding hydrogens is 583 g/mol. The van der Waals surface area contributed by atoms with E-state index in [2.05, 4.69) is 113 Å². The topological polar surface area (TPSA) is 0 Å². The van der Waals surface area contributed by atoms with Gasteiger partial charge in [0.25, 0.3) is 0 Å². The van der Waals surface area contributed by atoms with E-state index in [0.29, 0.717) is 0 Å². The number of rotatable bonds is 6. The van der Waals surface area contributed by atoms with E-state index in [4.69, 9.17) is 0 Å². The summed E-state index contributed by atoms with van der Waals surface area (Å²) in [7, 11) is -4.30. The summed E-state index contributed by atoms with van der Waals surface area (Å²) in [5, 5.41) is 9.26. The quantitative estimate of drug-likeness (QED) is 0.224. The van der Waals surface area contributed by atoms with Crippen LogP contribution in [-0.4, -0.2) is 24.2 Å². The molecule has 4 rings (SSSR count). The Balaban J connectivity index is 0.00000193. The first kappa shape index (κ1) is 31.8. The van der Waals surface area contributed by atoms with Crippen LogP contribution < -0.4 is 35.2 Å². The summed E-state index contributed by atoms with van der Waals surface area (Å²) < 4.78 is 0. The third-order valence-corrected chi connectivity index (χ3v) is 13.0. The normalized spacial score (nSPS) is 12.2. The van der Waals surface area contributed by atoms with Crippen LogP contribution in [0.5, 0.6) is 0 Å². The minimum absolute atomic E-state index is 0. The van der Waals surface area contributed by atoms with Crippen molar-refractivity contribution in [2.75, 3.05) is 0 Å². The smallest absolute Gasteiger partial charge is 1.00 e. The number of halogens is 2. The Morgan fingerprint density at radius 2 is 1.24 bits per heavy atom. The average molecular weight is 621 g/mol. The molecule has 0 aliphatic carbocycles. The van der Waals surface area contributed by atoms with Crippen LogP contribution >= 0.6 is 0 Å². The second kappa shape index (κ2) is 11.4. The molecule has 6 heteroatoms. The van der Waals surface area contributed by atoms with Crippen molar-refractivity contribution in [1.82, 2.24) is 0 Å². The van der Waals surface area contributed by atoms with Crippen LogP contribution in [0.1, 0.15) is 11.1 Å². The van der Waals surface area contributed by atoms with Crippen LogP contribution in [0, 0.1) is 0 Å². The molecule has 0 aliphatic rings. The van der Waals surface area contributed by atoms with Gasteiger partial charge in [0.2, 0.25) is 0 Å². The van der Waals surface area contributed by atoms with Gasteiger partial charge in [-0.25, -0.2) is 0 Å². The summed E-state index contributed by atoms with van der Waals surface area (Å²) in [5.74, 6) is 0. The molecule has 0 amide bonds. The molecule has 4 aromatic carbocycles. The fraction of sp³-hybridized carbons (Fsp3) is 0.357. The third kappa shape index (κ3) is 6.55. The predicted octanol–water partition coefficient (Wildman–Crippen LogP) is 1.10. The van der Waals surface area contributed by atoms with Gasteiger partial charge in [0.05, 0.1) is 0 Å². The Morgan fingerprint density at radius 3 is 1.82 bits per heavy atom. The van der Waals surface area contributed by atoms with E-state index >= 15 is 0 Å². The van der Waals surface area contributed by atoms with Crippen LogP contribution in [0.3, 0.4) is 0 Å². The zero-order valence-electron chi connectivity index (χ0n) is 21.9. The summed E-state index contributed by atoms with van der Waals surface area (Å²) >= 11 is 0. The monoisotopic (exact) mass is 618 g/mol. The fourth-order valence-corrected chi connectivity index (χ4v) is 11.5. The summed E-state index contributed by atoms with van der Waals surface area (Å²) in [4.78, 5) is 0. The second-order valence-electron chi connectivity index (χ2n) is 12.4. The first-order valence-corrected chi connectivity index (χ1v) is 22.1. The van der Waals surface area contributed by atoms with Gasteiger partial charge in [-0.3, -0.25) is 0 Å². The maximum absolute atomic E-state index is 2.62. The molecule has 0 nitrogen and oxygen atoms in total. The molecule has 34 heavy (non-hydrogen) atoms. The maximum atomic E-state index is 2.62. The van der Waals surface area contributed by atoms with Gasteiger partial charge in [-0.05, 0) is 0 Å². The van der Waals surface area contributed by atoms with Crippen molar-refractivity contribution in [2.45, 2.75) is 64.5 Å². The Hall–Kier alpha value is -0.226. The number of fused-ring (bicyclic) bond motifs is 2. The molecule has 0 N–H and O–H groups in total. The van der Waals surface area contributed by atoms with Gasteiger partial charge in [0.15, 0.2) is 0 Å². The van der Waals surface area contributed by atoms with Crippen molar-refractivity contribution in [3.8, 4) is 0 Å². The van der Waals surface area contributed by atoms with Gasteiger partial charge in [0.1, 0.15) is 0 Å². The molecule has 0 saturated carbocycles. The van der Waals surface area contributed by atoms with Crippen molar-refractivity contribution < 1.29 is 51.0 Å². The molecule has 0 heterocycles.